The van der Waals surface area contributed by atoms with Gasteiger partial charge in [0.15, 0.2) is 11.9 Å². The van der Waals surface area contributed by atoms with Gasteiger partial charge < -0.3 is 9.52 Å². The Labute approximate surface area is 137 Å². The van der Waals surface area contributed by atoms with Gasteiger partial charge in [0.05, 0.1) is 16.5 Å². The van der Waals surface area contributed by atoms with Crippen molar-refractivity contribution in [2.75, 3.05) is 0 Å². The number of aromatic hydroxyl groups is 1. The Morgan fingerprint density at radius 2 is 1.79 bits per heavy atom. The van der Waals surface area contributed by atoms with Crippen LogP contribution in [0.15, 0.2) is 45.6 Å². The van der Waals surface area contributed by atoms with Crippen LogP contribution in [-0.4, -0.2) is 11.4 Å². The third kappa shape index (κ3) is 2.48. The number of halogens is 1. The number of fused-ring (bicyclic) bond motifs is 1. The number of carbonyl (C=O) groups excluding carboxylic acids is 1. The first-order chi connectivity index (χ1) is 11.4. The lowest BCUT2D eigenvalue weighted by Gasteiger charge is -2.14. The zero-order valence-electron chi connectivity index (χ0n) is 13.2. The molecule has 0 aliphatic heterocycles. The topological polar surface area (TPSA) is 67.5 Å². The van der Waals surface area contributed by atoms with Crippen LogP contribution in [0.3, 0.4) is 0 Å². The maximum Gasteiger partial charge on any atom is 0.200 e. The Bertz CT molecular complexity index is 985. The predicted molar refractivity (Wildman–Crippen MR) is 89.0 cm³/mol. The van der Waals surface area contributed by atoms with E-state index in [1.165, 1.54) is 36.4 Å². The fourth-order valence-electron chi connectivity index (χ4n) is 2.70. The van der Waals surface area contributed by atoms with E-state index >= 15 is 0 Å². The second-order valence-corrected chi connectivity index (χ2v) is 5.82. The SMILES string of the molecule is CC(C)c1oc2c(C=O)c(O)ccc2c(=O)c1-c1ccc(F)cc1. The van der Waals surface area contributed by atoms with Gasteiger partial charge in [0, 0.05) is 5.92 Å². The van der Waals surface area contributed by atoms with Crippen molar-refractivity contribution < 1.29 is 18.7 Å². The van der Waals surface area contributed by atoms with Gasteiger partial charge in [-0.25, -0.2) is 4.39 Å². The monoisotopic (exact) mass is 326 g/mol. The molecule has 0 saturated carbocycles. The average molecular weight is 326 g/mol. The molecule has 0 aliphatic carbocycles. The van der Waals surface area contributed by atoms with Gasteiger partial charge in [0.25, 0.3) is 0 Å². The molecule has 0 atom stereocenters. The van der Waals surface area contributed by atoms with Crippen LogP contribution in [-0.2, 0) is 0 Å². The minimum atomic E-state index is -0.400. The molecule has 0 radical (unpaired) electrons. The largest absolute Gasteiger partial charge is 0.507 e. The van der Waals surface area contributed by atoms with Crippen LogP contribution in [0.25, 0.3) is 22.1 Å². The van der Waals surface area contributed by atoms with E-state index in [2.05, 4.69) is 0 Å². The van der Waals surface area contributed by atoms with E-state index < -0.39 is 5.82 Å². The molecular formula is C19H15FO4. The van der Waals surface area contributed by atoms with Crippen LogP contribution in [0.2, 0.25) is 0 Å². The lowest BCUT2D eigenvalue weighted by Crippen LogP contribution is -2.11. The van der Waals surface area contributed by atoms with Crippen molar-refractivity contribution in [2.45, 2.75) is 19.8 Å². The second-order valence-electron chi connectivity index (χ2n) is 5.82. The summed E-state index contributed by atoms with van der Waals surface area (Å²) in [5.41, 5.74) is 0.549. The molecule has 1 heterocycles. The number of carbonyl (C=O) groups is 1. The Balaban J connectivity index is 2.45. The highest BCUT2D eigenvalue weighted by atomic mass is 19.1. The van der Waals surface area contributed by atoms with E-state index in [-0.39, 0.29) is 33.6 Å². The smallest absolute Gasteiger partial charge is 0.200 e. The highest BCUT2D eigenvalue weighted by Crippen LogP contribution is 2.32. The quantitative estimate of drug-likeness (QED) is 0.731. The lowest BCUT2D eigenvalue weighted by molar-refractivity contribution is 0.112. The molecule has 0 bridgehead atoms. The summed E-state index contributed by atoms with van der Waals surface area (Å²) in [4.78, 5) is 24.2. The summed E-state index contributed by atoms with van der Waals surface area (Å²) >= 11 is 0. The number of phenols is 1. The molecule has 0 unspecified atom stereocenters. The second kappa shape index (κ2) is 5.92. The summed E-state index contributed by atoms with van der Waals surface area (Å²) in [6.45, 7) is 3.70. The van der Waals surface area contributed by atoms with E-state index in [0.717, 1.165) is 0 Å². The molecule has 1 aromatic heterocycles. The third-order valence-corrected chi connectivity index (χ3v) is 3.88. The van der Waals surface area contributed by atoms with Gasteiger partial charge >= 0.3 is 0 Å². The minimum Gasteiger partial charge on any atom is -0.507 e. The Morgan fingerprint density at radius 1 is 1.12 bits per heavy atom. The van der Waals surface area contributed by atoms with Gasteiger partial charge in [-0.2, -0.15) is 0 Å². The van der Waals surface area contributed by atoms with Crippen LogP contribution in [0.4, 0.5) is 4.39 Å². The maximum absolute atomic E-state index is 13.2. The van der Waals surface area contributed by atoms with Crippen LogP contribution >= 0.6 is 0 Å². The molecule has 0 spiro atoms. The van der Waals surface area contributed by atoms with E-state index in [1.54, 1.807) is 0 Å². The molecule has 0 fully saturated rings. The van der Waals surface area contributed by atoms with Crippen LogP contribution in [0.5, 0.6) is 5.75 Å². The molecule has 24 heavy (non-hydrogen) atoms. The van der Waals surface area contributed by atoms with Crippen molar-refractivity contribution in [2.24, 2.45) is 0 Å². The number of rotatable bonds is 3. The van der Waals surface area contributed by atoms with Gasteiger partial charge in [-0.1, -0.05) is 26.0 Å². The van der Waals surface area contributed by atoms with Crippen LogP contribution in [0, 0.1) is 5.82 Å². The van der Waals surface area contributed by atoms with Gasteiger partial charge in [-0.15, -0.1) is 0 Å². The highest BCUT2D eigenvalue weighted by molar-refractivity contribution is 5.98. The summed E-state index contributed by atoms with van der Waals surface area (Å²) in [6, 6.07) is 8.28. The van der Waals surface area contributed by atoms with Gasteiger partial charge in [0.1, 0.15) is 17.3 Å². The molecule has 1 N–H and O–H groups in total. The highest BCUT2D eigenvalue weighted by Gasteiger charge is 2.21. The first-order valence-corrected chi connectivity index (χ1v) is 7.47. The molecule has 4 nitrogen and oxygen atoms in total. The molecule has 0 amide bonds. The standard InChI is InChI=1S/C19H15FO4/c1-10(2)18-16(11-3-5-12(20)6-4-11)17(23)13-7-8-15(22)14(9-21)19(13)24-18/h3-10,22H,1-2H3. The molecule has 0 saturated heterocycles. The minimum absolute atomic E-state index is 0.0582. The van der Waals surface area contributed by atoms with E-state index in [1.807, 2.05) is 13.8 Å². The zero-order valence-corrected chi connectivity index (χ0v) is 13.2. The number of hydrogen-bond donors (Lipinski definition) is 1. The third-order valence-electron chi connectivity index (χ3n) is 3.88. The predicted octanol–water partition coefficient (Wildman–Crippen LogP) is 4.24. The van der Waals surface area contributed by atoms with Crippen molar-refractivity contribution in [1.29, 1.82) is 0 Å². The summed E-state index contributed by atoms with van der Waals surface area (Å²) in [6.07, 6.45) is 0.461. The Kier molecular flexibility index (Phi) is 3.93. The average Bonchev–Trinajstić information content (AvgIpc) is 2.55. The molecular weight excluding hydrogens is 311 g/mol. The molecule has 0 aliphatic rings. The summed E-state index contributed by atoms with van der Waals surface area (Å²) < 4.78 is 19.0. The molecule has 2 aromatic carbocycles. The molecule has 5 heteroatoms. The number of phenolic OH excluding ortho intramolecular Hbond substituents is 1. The molecule has 3 aromatic rings. The van der Waals surface area contributed by atoms with Gasteiger partial charge in [-0.3, -0.25) is 9.59 Å². The van der Waals surface area contributed by atoms with Crippen LogP contribution < -0.4 is 5.43 Å². The van der Waals surface area contributed by atoms with Crippen LogP contribution in [0.1, 0.15) is 35.9 Å². The first kappa shape index (κ1) is 15.9. The molecule has 3 rings (SSSR count). The lowest BCUT2D eigenvalue weighted by atomic mass is 9.96. The van der Waals surface area contributed by atoms with E-state index in [4.69, 9.17) is 4.42 Å². The van der Waals surface area contributed by atoms with Crippen molar-refractivity contribution in [3.05, 3.63) is 63.8 Å². The maximum atomic E-state index is 13.2. The summed E-state index contributed by atoms with van der Waals surface area (Å²) in [7, 11) is 0. The van der Waals surface area contributed by atoms with Crippen molar-refractivity contribution in [1.82, 2.24) is 0 Å². The van der Waals surface area contributed by atoms with Crippen molar-refractivity contribution in [3.63, 3.8) is 0 Å². The van der Waals surface area contributed by atoms with E-state index in [0.29, 0.717) is 23.2 Å². The van der Waals surface area contributed by atoms with Crippen molar-refractivity contribution >= 4 is 17.3 Å². The number of hydrogen-bond acceptors (Lipinski definition) is 4. The summed E-state index contributed by atoms with van der Waals surface area (Å²) in [5.74, 6) is -0.412. The number of aldehydes is 1. The first-order valence-electron chi connectivity index (χ1n) is 7.47. The fourth-order valence-corrected chi connectivity index (χ4v) is 2.70. The molecule has 122 valence electrons. The summed E-state index contributed by atoms with van der Waals surface area (Å²) in [5, 5.41) is 10.0. The number of benzene rings is 2. The Hall–Kier alpha value is -2.95. The Morgan fingerprint density at radius 3 is 2.38 bits per heavy atom. The zero-order chi connectivity index (χ0) is 17.4. The van der Waals surface area contributed by atoms with Crippen molar-refractivity contribution in [3.8, 4) is 16.9 Å². The fraction of sp³-hybridized carbons (Fsp3) is 0.158. The van der Waals surface area contributed by atoms with Gasteiger partial charge in [0.2, 0.25) is 5.43 Å². The van der Waals surface area contributed by atoms with E-state index in [9.17, 15) is 19.1 Å². The normalized spacial score (nSPS) is 11.2. The van der Waals surface area contributed by atoms with Gasteiger partial charge in [-0.05, 0) is 29.8 Å².